The predicted octanol–water partition coefficient (Wildman–Crippen LogP) is 1.67. The average Bonchev–Trinajstić information content (AvgIpc) is 2.49. The molecule has 2 nitrogen and oxygen atoms in total. The van der Waals surface area contributed by atoms with E-state index in [9.17, 15) is 0 Å². The third-order valence-corrected chi connectivity index (χ3v) is 2.30. The number of nitrogens with zero attached hydrogens (tertiary/aromatic N) is 1. The molecule has 3 heteroatoms. The van der Waals surface area contributed by atoms with E-state index in [0.717, 1.165) is 23.1 Å². The van der Waals surface area contributed by atoms with Gasteiger partial charge in [0.05, 0.1) is 6.61 Å². The normalized spacial score (nSPS) is 14.3. The lowest BCUT2D eigenvalue weighted by Crippen LogP contribution is -1.89. The highest BCUT2D eigenvalue weighted by atomic mass is 35.5. The maximum absolute atomic E-state index is 8.90. The number of hydrogen-bond donors (Lipinski definition) is 1. The van der Waals surface area contributed by atoms with Crippen molar-refractivity contribution in [2.45, 2.75) is 6.42 Å². The summed E-state index contributed by atoms with van der Waals surface area (Å²) in [6, 6.07) is 1.93. The quantitative estimate of drug-likeness (QED) is 0.669. The van der Waals surface area contributed by atoms with Crippen molar-refractivity contribution in [1.29, 1.82) is 0 Å². The zero-order chi connectivity index (χ0) is 8.55. The number of aliphatic hydroxyl groups excluding tert-OH is 1. The molecule has 0 unspecified atom stereocenters. The lowest BCUT2D eigenvalue weighted by atomic mass is 10.1. The maximum atomic E-state index is 8.90. The summed E-state index contributed by atoms with van der Waals surface area (Å²) in [6.45, 7) is 0.102. The molecular weight excluding hydrogens is 174 g/mol. The van der Waals surface area contributed by atoms with Crippen LogP contribution in [0.2, 0.25) is 5.15 Å². The fraction of sp³-hybridized carbons (Fsp3) is 0.222. The molecule has 2 rings (SSSR count). The van der Waals surface area contributed by atoms with E-state index in [2.05, 4.69) is 4.98 Å². The topological polar surface area (TPSA) is 33.1 Å². The zero-order valence-corrected chi connectivity index (χ0v) is 7.17. The van der Waals surface area contributed by atoms with Crippen molar-refractivity contribution in [2.75, 3.05) is 6.61 Å². The number of aliphatic hydroxyl groups is 1. The molecule has 0 atom stereocenters. The van der Waals surface area contributed by atoms with Crippen molar-refractivity contribution in [3.8, 4) is 0 Å². The van der Waals surface area contributed by atoms with Gasteiger partial charge in [0.1, 0.15) is 5.15 Å². The van der Waals surface area contributed by atoms with Gasteiger partial charge in [-0.1, -0.05) is 11.6 Å². The van der Waals surface area contributed by atoms with Crippen LogP contribution < -0.4 is 0 Å². The van der Waals surface area contributed by atoms with Crippen LogP contribution in [0.5, 0.6) is 0 Å². The first-order valence-electron chi connectivity index (χ1n) is 3.75. The van der Waals surface area contributed by atoms with Crippen molar-refractivity contribution < 1.29 is 5.11 Å². The molecule has 0 radical (unpaired) electrons. The fourth-order valence-electron chi connectivity index (χ4n) is 1.39. The van der Waals surface area contributed by atoms with Gasteiger partial charge in [-0.05, 0) is 29.7 Å². The Morgan fingerprint density at radius 1 is 1.58 bits per heavy atom. The molecular formula is C9H8ClNO. The molecule has 0 amide bonds. The molecule has 0 saturated carbocycles. The lowest BCUT2D eigenvalue weighted by molar-refractivity contribution is 0.330. The van der Waals surface area contributed by atoms with E-state index in [1.165, 1.54) is 0 Å². The van der Waals surface area contributed by atoms with Crippen LogP contribution in [0.15, 0.2) is 17.8 Å². The van der Waals surface area contributed by atoms with Crippen LogP contribution >= 0.6 is 11.6 Å². The van der Waals surface area contributed by atoms with Crippen LogP contribution in [0, 0.1) is 0 Å². The number of rotatable bonds is 1. The predicted molar refractivity (Wildman–Crippen MR) is 48.0 cm³/mol. The molecule has 0 spiro atoms. The van der Waals surface area contributed by atoms with E-state index in [-0.39, 0.29) is 6.61 Å². The minimum absolute atomic E-state index is 0.102. The van der Waals surface area contributed by atoms with E-state index >= 15 is 0 Å². The molecule has 0 saturated heterocycles. The van der Waals surface area contributed by atoms with Crippen LogP contribution in [0.3, 0.4) is 0 Å². The van der Waals surface area contributed by atoms with Crippen molar-refractivity contribution in [1.82, 2.24) is 4.98 Å². The highest BCUT2D eigenvalue weighted by Gasteiger charge is 2.14. The molecule has 0 aromatic carbocycles. The third kappa shape index (κ3) is 1.13. The Balaban J connectivity index is 2.48. The van der Waals surface area contributed by atoms with Gasteiger partial charge in [-0.15, -0.1) is 0 Å². The van der Waals surface area contributed by atoms with Crippen molar-refractivity contribution in [3.05, 3.63) is 34.1 Å². The first-order valence-corrected chi connectivity index (χ1v) is 4.12. The summed E-state index contributed by atoms with van der Waals surface area (Å²) in [5.74, 6) is 0. The Kier molecular flexibility index (Phi) is 1.87. The molecule has 62 valence electrons. The van der Waals surface area contributed by atoms with Gasteiger partial charge in [0.2, 0.25) is 0 Å². The van der Waals surface area contributed by atoms with Gasteiger partial charge in [0.15, 0.2) is 0 Å². The summed E-state index contributed by atoms with van der Waals surface area (Å²) < 4.78 is 0. The minimum atomic E-state index is 0.102. The van der Waals surface area contributed by atoms with Gasteiger partial charge in [-0.25, -0.2) is 4.98 Å². The Morgan fingerprint density at radius 2 is 2.42 bits per heavy atom. The molecule has 1 aliphatic carbocycles. The van der Waals surface area contributed by atoms with Gasteiger partial charge in [-0.2, -0.15) is 0 Å². The molecule has 12 heavy (non-hydrogen) atoms. The van der Waals surface area contributed by atoms with E-state index in [1.807, 2.05) is 12.1 Å². The Morgan fingerprint density at radius 3 is 3.08 bits per heavy atom. The average molecular weight is 182 g/mol. The molecule has 1 aromatic rings. The number of halogens is 1. The summed E-state index contributed by atoms with van der Waals surface area (Å²) in [5.41, 5.74) is 3.11. The van der Waals surface area contributed by atoms with Crippen LogP contribution in [-0.2, 0) is 6.42 Å². The molecule has 1 aromatic heterocycles. The summed E-state index contributed by atoms with van der Waals surface area (Å²) in [5, 5.41) is 9.42. The van der Waals surface area contributed by atoms with Crippen molar-refractivity contribution >= 4 is 17.7 Å². The van der Waals surface area contributed by atoms with E-state index in [1.54, 1.807) is 6.20 Å². The van der Waals surface area contributed by atoms with Crippen LogP contribution in [-0.4, -0.2) is 16.7 Å². The molecule has 1 N–H and O–H groups in total. The van der Waals surface area contributed by atoms with Gasteiger partial charge in [0.25, 0.3) is 0 Å². The second-order valence-corrected chi connectivity index (χ2v) is 3.17. The van der Waals surface area contributed by atoms with Crippen LogP contribution in [0.25, 0.3) is 6.08 Å². The molecule has 1 heterocycles. The van der Waals surface area contributed by atoms with Gasteiger partial charge in [-0.3, -0.25) is 0 Å². The Hall–Kier alpha value is -0.860. The van der Waals surface area contributed by atoms with Crippen molar-refractivity contribution in [2.24, 2.45) is 0 Å². The first kappa shape index (κ1) is 7.77. The van der Waals surface area contributed by atoms with Gasteiger partial charge >= 0.3 is 0 Å². The van der Waals surface area contributed by atoms with Crippen LogP contribution in [0.1, 0.15) is 11.1 Å². The first-order chi connectivity index (χ1) is 5.81. The molecule has 1 aliphatic rings. The molecule has 0 fully saturated rings. The largest absolute Gasteiger partial charge is 0.392 e. The van der Waals surface area contributed by atoms with Gasteiger partial charge < -0.3 is 5.11 Å². The zero-order valence-electron chi connectivity index (χ0n) is 6.42. The summed E-state index contributed by atoms with van der Waals surface area (Å²) in [7, 11) is 0. The van der Waals surface area contributed by atoms with Crippen LogP contribution in [0.4, 0.5) is 0 Å². The Labute approximate surface area is 75.5 Å². The second-order valence-electron chi connectivity index (χ2n) is 2.81. The van der Waals surface area contributed by atoms with E-state index < -0.39 is 0 Å². The highest BCUT2D eigenvalue weighted by Crippen LogP contribution is 2.28. The lowest BCUT2D eigenvalue weighted by Gasteiger charge is -1.97. The van der Waals surface area contributed by atoms with E-state index in [0.29, 0.717) is 5.15 Å². The Bertz CT molecular complexity index is 346. The summed E-state index contributed by atoms with van der Waals surface area (Å²) in [4.78, 5) is 3.96. The van der Waals surface area contributed by atoms with Gasteiger partial charge in [0, 0.05) is 11.8 Å². The minimum Gasteiger partial charge on any atom is -0.392 e. The third-order valence-electron chi connectivity index (χ3n) is 2.00. The standard InChI is InChI=1S/C9H8ClNO/c10-9-8-4-6(5-12)3-7(8)1-2-11-9/h1-2,4,12H,3,5H2. The number of hydrogen-bond acceptors (Lipinski definition) is 2. The smallest absolute Gasteiger partial charge is 0.136 e. The fourth-order valence-corrected chi connectivity index (χ4v) is 1.62. The second kappa shape index (κ2) is 2.88. The highest BCUT2D eigenvalue weighted by molar-refractivity contribution is 6.31. The SMILES string of the molecule is OCC1=Cc2c(ccnc2Cl)C1. The number of pyridine rings is 1. The summed E-state index contributed by atoms with van der Waals surface area (Å²) in [6.07, 6.45) is 4.40. The molecule has 0 bridgehead atoms. The number of fused-ring (bicyclic) bond motifs is 1. The van der Waals surface area contributed by atoms with E-state index in [4.69, 9.17) is 16.7 Å². The number of aromatic nitrogens is 1. The summed E-state index contributed by atoms with van der Waals surface area (Å²) >= 11 is 5.85. The monoisotopic (exact) mass is 181 g/mol. The maximum Gasteiger partial charge on any atom is 0.136 e. The molecule has 0 aliphatic heterocycles. The van der Waals surface area contributed by atoms with Crippen molar-refractivity contribution in [3.63, 3.8) is 0 Å².